The molecular weight excluding hydrogens is 263 g/mol. The maximum absolute atomic E-state index is 13.4. The number of aliphatic hydroxyl groups excluding tert-OH is 1. The summed E-state index contributed by atoms with van der Waals surface area (Å²) in [6.45, 7) is -1.50. The topological polar surface area (TPSA) is 49.8 Å². The standard InChI is InChI=1S/C12H14F3NO3/c1-19-10-3-2-8(6-9(10)13)12(18)16(4-5-17)7-11(14)15/h2-3,6,11,17H,4-5,7H2,1H3. The number of alkyl halides is 2. The van der Waals surface area contributed by atoms with Gasteiger partial charge in [0.25, 0.3) is 12.3 Å². The summed E-state index contributed by atoms with van der Waals surface area (Å²) in [7, 11) is 1.27. The van der Waals surface area contributed by atoms with E-state index < -0.39 is 31.3 Å². The van der Waals surface area contributed by atoms with Crippen molar-refractivity contribution >= 4 is 5.91 Å². The molecule has 1 rings (SSSR count). The second-order valence-corrected chi connectivity index (χ2v) is 3.72. The molecule has 19 heavy (non-hydrogen) atoms. The fourth-order valence-electron chi connectivity index (χ4n) is 1.55. The molecule has 0 radical (unpaired) electrons. The van der Waals surface area contributed by atoms with E-state index in [0.717, 1.165) is 11.0 Å². The number of halogens is 3. The molecule has 1 aromatic rings. The SMILES string of the molecule is COc1ccc(C(=O)N(CCO)CC(F)F)cc1F. The fourth-order valence-corrected chi connectivity index (χ4v) is 1.55. The van der Waals surface area contributed by atoms with Crippen LogP contribution >= 0.6 is 0 Å². The summed E-state index contributed by atoms with van der Waals surface area (Å²) in [5.74, 6) is -1.57. The van der Waals surface area contributed by atoms with Crippen LogP contribution in [-0.4, -0.2) is 49.1 Å². The molecule has 0 aliphatic rings. The van der Waals surface area contributed by atoms with E-state index in [1.54, 1.807) is 0 Å². The van der Waals surface area contributed by atoms with Crippen molar-refractivity contribution in [3.63, 3.8) is 0 Å². The number of hydrogen-bond donors (Lipinski definition) is 1. The second-order valence-electron chi connectivity index (χ2n) is 3.72. The molecule has 0 heterocycles. The number of amides is 1. The van der Waals surface area contributed by atoms with Crippen LogP contribution in [0.4, 0.5) is 13.2 Å². The molecule has 106 valence electrons. The maximum atomic E-state index is 13.4. The lowest BCUT2D eigenvalue weighted by Gasteiger charge is -2.21. The number of aliphatic hydroxyl groups is 1. The van der Waals surface area contributed by atoms with Crippen molar-refractivity contribution in [1.82, 2.24) is 4.90 Å². The Hall–Kier alpha value is -1.76. The highest BCUT2D eigenvalue weighted by molar-refractivity contribution is 5.94. The summed E-state index contributed by atoms with van der Waals surface area (Å²) >= 11 is 0. The predicted octanol–water partition coefficient (Wildman–Crippen LogP) is 1.53. The zero-order valence-corrected chi connectivity index (χ0v) is 10.3. The Morgan fingerprint density at radius 2 is 2.16 bits per heavy atom. The molecule has 0 unspecified atom stereocenters. The smallest absolute Gasteiger partial charge is 0.255 e. The minimum Gasteiger partial charge on any atom is -0.494 e. The van der Waals surface area contributed by atoms with Gasteiger partial charge in [0.15, 0.2) is 11.6 Å². The van der Waals surface area contributed by atoms with Crippen molar-refractivity contribution in [3.05, 3.63) is 29.6 Å². The van der Waals surface area contributed by atoms with E-state index in [4.69, 9.17) is 9.84 Å². The minimum absolute atomic E-state index is 0.0425. The predicted molar refractivity (Wildman–Crippen MR) is 61.9 cm³/mol. The van der Waals surface area contributed by atoms with Gasteiger partial charge in [-0.05, 0) is 18.2 Å². The molecule has 0 aliphatic heterocycles. The highest BCUT2D eigenvalue weighted by atomic mass is 19.3. The molecule has 0 aromatic heterocycles. The maximum Gasteiger partial charge on any atom is 0.255 e. The third-order valence-electron chi connectivity index (χ3n) is 2.41. The lowest BCUT2D eigenvalue weighted by Crippen LogP contribution is -2.37. The lowest BCUT2D eigenvalue weighted by molar-refractivity contribution is 0.0509. The first-order valence-electron chi connectivity index (χ1n) is 5.51. The van der Waals surface area contributed by atoms with Crippen molar-refractivity contribution in [2.45, 2.75) is 6.43 Å². The van der Waals surface area contributed by atoms with Crippen LogP contribution in [-0.2, 0) is 0 Å². The lowest BCUT2D eigenvalue weighted by atomic mass is 10.2. The van der Waals surface area contributed by atoms with Crippen molar-refractivity contribution in [1.29, 1.82) is 0 Å². The molecule has 7 heteroatoms. The van der Waals surface area contributed by atoms with Gasteiger partial charge in [0.2, 0.25) is 0 Å². The van der Waals surface area contributed by atoms with E-state index in [-0.39, 0.29) is 17.9 Å². The molecule has 0 spiro atoms. The van der Waals surface area contributed by atoms with Gasteiger partial charge in [-0.1, -0.05) is 0 Å². The minimum atomic E-state index is -2.72. The van der Waals surface area contributed by atoms with E-state index in [0.29, 0.717) is 0 Å². The van der Waals surface area contributed by atoms with Crippen LogP contribution in [0, 0.1) is 5.82 Å². The number of methoxy groups -OCH3 is 1. The molecule has 1 aromatic carbocycles. The normalized spacial score (nSPS) is 10.6. The van der Waals surface area contributed by atoms with E-state index in [1.165, 1.54) is 19.2 Å². The van der Waals surface area contributed by atoms with E-state index >= 15 is 0 Å². The molecule has 0 aliphatic carbocycles. The van der Waals surface area contributed by atoms with Gasteiger partial charge < -0.3 is 14.7 Å². The van der Waals surface area contributed by atoms with Crippen LogP contribution in [0.5, 0.6) is 5.75 Å². The van der Waals surface area contributed by atoms with Crippen LogP contribution in [0.3, 0.4) is 0 Å². The summed E-state index contributed by atoms with van der Waals surface area (Å²) in [5.41, 5.74) is -0.0765. The van der Waals surface area contributed by atoms with Gasteiger partial charge in [-0.3, -0.25) is 4.79 Å². The largest absolute Gasteiger partial charge is 0.494 e. The van der Waals surface area contributed by atoms with Crippen LogP contribution in [0.15, 0.2) is 18.2 Å². The number of benzene rings is 1. The van der Waals surface area contributed by atoms with Crippen LogP contribution in [0.25, 0.3) is 0 Å². The average molecular weight is 277 g/mol. The number of ether oxygens (including phenoxy) is 1. The Labute approximate surface area is 108 Å². The second kappa shape index (κ2) is 6.98. The Balaban J connectivity index is 2.92. The Bertz CT molecular complexity index is 440. The third-order valence-corrected chi connectivity index (χ3v) is 2.41. The first-order chi connectivity index (χ1) is 8.99. The van der Waals surface area contributed by atoms with Gasteiger partial charge in [0.1, 0.15) is 0 Å². The van der Waals surface area contributed by atoms with Crippen LogP contribution in [0.1, 0.15) is 10.4 Å². The zero-order chi connectivity index (χ0) is 14.4. The first-order valence-corrected chi connectivity index (χ1v) is 5.51. The summed E-state index contributed by atoms with van der Waals surface area (Å²) in [6.07, 6.45) is -2.72. The van der Waals surface area contributed by atoms with Gasteiger partial charge in [-0.25, -0.2) is 13.2 Å². The van der Waals surface area contributed by atoms with Gasteiger partial charge in [-0.15, -0.1) is 0 Å². The third kappa shape index (κ3) is 4.13. The Morgan fingerprint density at radius 1 is 1.47 bits per heavy atom. The monoisotopic (exact) mass is 277 g/mol. The first kappa shape index (κ1) is 15.3. The summed E-state index contributed by atoms with van der Waals surface area (Å²) < 4.78 is 42.7. The quantitative estimate of drug-likeness (QED) is 0.858. The average Bonchev–Trinajstić information content (AvgIpc) is 2.36. The van der Waals surface area contributed by atoms with Crippen molar-refractivity contribution in [2.24, 2.45) is 0 Å². The molecular formula is C12H14F3NO3. The highest BCUT2D eigenvalue weighted by Gasteiger charge is 2.20. The summed E-state index contributed by atoms with van der Waals surface area (Å²) in [6, 6.07) is 3.43. The highest BCUT2D eigenvalue weighted by Crippen LogP contribution is 2.19. The molecule has 0 saturated heterocycles. The summed E-state index contributed by atoms with van der Waals surface area (Å²) in [5, 5.41) is 8.75. The van der Waals surface area contributed by atoms with Crippen molar-refractivity contribution in [2.75, 3.05) is 26.8 Å². The van der Waals surface area contributed by atoms with Crippen molar-refractivity contribution < 1.29 is 27.8 Å². The number of hydrogen-bond acceptors (Lipinski definition) is 3. The molecule has 0 atom stereocenters. The van der Waals surface area contributed by atoms with Crippen molar-refractivity contribution in [3.8, 4) is 5.75 Å². The van der Waals surface area contributed by atoms with E-state index in [2.05, 4.69) is 0 Å². The van der Waals surface area contributed by atoms with Gasteiger partial charge >= 0.3 is 0 Å². The van der Waals surface area contributed by atoms with Crippen LogP contribution < -0.4 is 4.74 Å². The fraction of sp³-hybridized carbons (Fsp3) is 0.417. The number of rotatable bonds is 6. The Kier molecular flexibility index (Phi) is 5.62. The van der Waals surface area contributed by atoms with Crippen LogP contribution in [0.2, 0.25) is 0 Å². The molecule has 0 fully saturated rings. The number of carbonyl (C=O) groups excluding carboxylic acids is 1. The van der Waals surface area contributed by atoms with Gasteiger partial charge in [0, 0.05) is 12.1 Å². The zero-order valence-electron chi connectivity index (χ0n) is 10.3. The molecule has 1 amide bonds. The Morgan fingerprint density at radius 3 is 2.63 bits per heavy atom. The molecule has 0 bridgehead atoms. The summed E-state index contributed by atoms with van der Waals surface area (Å²) in [4.78, 5) is 12.7. The van der Waals surface area contributed by atoms with E-state index in [1.807, 2.05) is 0 Å². The van der Waals surface area contributed by atoms with Gasteiger partial charge in [0.05, 0.1) is 20.3 Å². The molecule has 1 N–H and O–H groups in total. The van der Waals surface area contributed by atoms with E-state index in [9.17, 15) is 18.0 Å². The molecule has 0 saturated carbocycles. The molecule has 4 nitrogen and oxygen atoms in total. The van der Waals surface area contributed by atoms with Gasteiger partial charge in [-0.2, -0.15) is 0 Å². The number of carbonyl (C=O) groups is 1. The number of nitrogens with zero attached hydrogens (tertiary/aromatic N) is 1.